The third-order valence-electron chi connectivity index (χ3n) is 7.72. The summed E-state index contributed by atoms with van der Waals surface area (Å²) in [4.78, 5) is 20.2. The molecule has 6 rings (SSSR count). The number of carbonyl (C=O) groups is 1. The van der Waals surface area contributed by atoms with Gasteiger partial charge in [-0.2, -0.15) is 0 Å². The van der Waals surface area contributed by atoms with Crippen molar-refractivity contribution in [2.75, 3.05) is 31.2 Å². The van der Waals surface area contributed by atoms with Crippen molar-refractivity contribution in [1.29, 1.82) is 0 Å². The van der Waals surface area contributed by atoms with Crippen LogP contribution < -0.4 is 15.2 Å². The Morgan fingerprint density at radius 3 is 2.67 bits per heavy atom. The Morgan fingerprint density at radius 2 is 1.97 bits per heavy atom. The molecular weight excluding hydrogens is 516 g/mol. The van der Waals surface area contributed by atoms with E-state index in [9.17, 15) is 13.2 Å². The predicted octanol–water partition coefficient (Wildman–Crippen LogP) is 3.55. The Balaban J connectivity index is 1.47. The Bertz CT molecular complexity index is 1700. The molecule has 1 saturated heterocycles. The van der Waals surface area contributed by atoms with Crippen molar-refractivity contribution in [2.24, 2.45) is 18.7 Å². The molecule has 0 radical (unpaired) electrons. The van der Waals surface area contributed by atoms with E-state index in [-0.39, 0.29) is 11.9 Å². The zero-order valence-corrected chi connectivity index (χ0v) is 23.3. The number of aromatic nitrogens is 3. The van der Waals surface area contributed by atoms with Crippen LogP contribution in [0.5, 0.6) is 5.75 Å². The summed E-state index contributed by atoms with van der Waals surface area (Å²) in [6, 6.07) is 11.3. The van der Waals surface area contributed by atoms with Crippen LogP contribution in [0, 0.1) is 5.92 Å². The number of benzene rings is 2. The maximum atomic E-state index is 13.4. The first kappa shape index (κ1) is 25.7. The number of nitrogens with two attached hydrogens (primary N) is 1. The minimum Gasteiger partial charge on any atom is -0.494 e. The number of piperidine rings is 1. The fourth-order valence-corrected chi connectivity index (χ4v) is 6.22. The maximum absolute atomic E-state index is 13.4. The number of imidazole rings is 1. The first-order chi connectivity index (χ1) is 18.6. The molecule has 1 aliphatic heterocycles. The van der Waals surface area contributed by atoms with Crippen molar-refractivity contribution in [2.45, 2.75) is 38.3 Å². The van der Waals surface area contributed by atoms with Gasteiger partial charge in [-0.15, -0.1) is 0 Å². The molecule has 39 heavy (non-hydrogen) atoms. The smallest absolute Gasteiger partial charge is 0.254 e. The van der Waals surface area contributed by atoms with Gasteiger partial charge in [0.2, 0.25) is 10.0 Å². The second kappa shape index (κ2) is 9.56. The molecule has 1 aliphatic carbocycles. The lowest BCUT2D eigenvalue weighted by molar-refractivity contribution is 0.0708. The van der Waals surface area contributed by atoms with Crippen molar-refractivity contribution in [3.63, 3.8) is 0 Å². The number of rotatable bonds is 7. The van der Waals surface area contributed by atoms with Crippen LogP contribution in [0.15, 0.2) is 36.4 Å². The minimum absolute atomic E-state index is 0.00341. The quantitative estimate of drug-likeness (QED) is 0.363. The van der Waals surface area contributed by atoms with Gasteiger partial charge >= 0.3 is 0 Å². The SMILES string of the molecule is COc1cc(C(=O)N2CCC[C@@H](N)C2)cc2nc(-c3cc4ccc(NS(C)(=O)=O)cc4n3CC3CC3)n(C)c12. The molecule has 0 bridgehead atoms. The van der Waals surface area contributed by atoms with E-state index in [1.165, 1.54) is 12.8 Å². The first-order valence-electron chi connectivity index (χ1n) is 13.3. The minimum atomic E-state index is -3.40. The highest BCUT2D eigenvalue weighted by Crippen LogP contribution is 2.38. The highest BCUT2D eigenvalue weighted by molar-refractivity contribution is 7.92. The summed E-state index contributed by atoms with van der Waals surface area (Å²) >= 11 is 0. The average molecular weight is 551 g/mol. The summed E-state index contributed by atoms with van der Waals surface area (Å²) in [6.45, 7) is 2.06. The molecule has 2 aromatic heterocycles. The number of nitrogens with one attached hydrogen (secondary N) is 1. The third kappa shape index (κ3) is 4.96. The lowest BCUT2D eigenvalue weighted by Gasteiger charge is -2.30. The highest BCUT2D eigenvalue weighted by Gasteiger charge is 2.28. The maximum Gasteiger partial charge on any atom is 0.254 e. The number of carbonyl (C=O) groups excluding carboxylic acids is 1. The summed E-state index contributed by atoms with van der Waals surface area (Å²) in [5, 5.41) is 1.00. The molecule has 3 heterocycles. The van der Waals surface area contributed by atoms with Gasteiger partial charge in [-0.05, 0) is 61.9 Å². The van der Waals surface area contributed by atoms with E-state index in [1.54, 1.807) is 19.2 Å². The van der Waals surface area contributed by atoms with Crippen LogP contribution in [0.4, 0.5) is 5.69 Å². The molecule has 2 fully saturated rings. The van der Waals surface area contributed by atoms with Crippen LogP contribution in [0.25, 0.3) is 33.5 Å². The fraction of sp³-hybridized carbons (Fsp3) is 0.429. The summed E-state index contributed by atoms with van der Waals surface area (Å²) in [7, 11) is 0.160. The Kier molecular flexibility index (Phi) is 6.30. The number of fused-ring (bicyclic) bond motifs is 2. The summed E-state index contributed by atoms with van der Waals surface area (Å²) in [5.41, 5.74) is 10.6. The van der Waals surface area contributed by atoms with Gasteiger partial charge in [0.25, 0.3) is 5.91 Å². The van der Waals surface area contributed by atoms with E-state index in [1.807, 2.05) is 34.7 Å². The van der Waals surface area contributed by atoms with E-state index in [2.05, 4.69) is 15.4 Å². The lowest BCUT2D eigenvalue weighted by atomic mass is 10.0. The van der Waals surface area contributed by atoms with Crippen LogP contribution in [0.1, 0.15) is 36.0 Å². The van der Waals surface area contributed by atoms with Gasteiger partial charge in [0.05, 0.1) is 35.8 Å². The van der Waals surface area contributed by atoms with E-state index < -0.39 is 10.0 Å². The van der Waals surface area contributed by atoms with Gasteiger partial charge < -0.3 is 24.5 Å². The zero-order chi connectivity index (χ0) is 27.5. The van der Waals surface area contributed by atoms with E-state index in [0.717, 1.165) is 53.6 Å². The van der Waals surface area contributed by atoms with E-state index in [4.69, 9.17) is 15.5 Å². The molecule has 0 spiro atoms. The topological polar surface area (TPSA) is 124 Å². The number of sulfonamides is 1. The van der Waals surface area contributed by atoms with Crippen molar-refractivity contribution in [3.05, 3.63) is 42.0 Å². The van der Waals surface area contributed by atoms with Gasteiger partial charge in [0.15, 0.2) is 5.82 Å². The summed E-state index contributed by atoms with van der Waals surface area (Å²) in [5.74, 6) is 1.85. The molecule has 0 unspecified atom stereocenters. The third-order valence-corrected chi connectivity index (χ3v) is 8.33. The Labute approximate surface area is 227 Å². The highest BCUT2D eigenvalue weighted by atomic mass is 32.2. The molecule has 11 heteroatoms. The largest absolute Gasteiger partial charge is 0.494 e. The van der Waals surface area contributed by atoms with Gasteiger partial charge in [0.1, 0.15) is 11.3 Å². The van der Waals surface area contributed by atoms with Gasteiger partial charge in [0, 0.05) is 43.7 Å². The Morgan fingerprint density at radius 1 is 1.18 bits per heavy atom. The number of nitrogens with zero attached hydrogens (tertiary/aromatic N) is 4. The molecule has 206 valence electrons. The molecule has 1 saturated carbocycles. The van der Waals surface area contributed by atoms with E-state index in [0.29, 0.717) is 41.5 Å². The Hall–Kier alpha value is -3.57. The number of anilines is 1. The second-order valence-electron chi connectivity index (χ2n) is 10.9. The molecule has 3 N–H and O–H groups in total. The van der Waals surface area contributed by atoms with Gasteiger partial charge in [-0.3, -0.25) is 9.52 Å². The number of likely N-dealkylation sites (tertiary alicyclic amines) is 1. The number of hydrogen-bond acceptors (Lipinski definition) is 6. The van der Waals surface area contributed by atoms with Gasteiger partial charge in [-0.25, -0.2) is 13.4 Å². The van der Waals surface area contributed by atoms with Crippen LogP contribution in [-0.4, -0.2) is 65.8 Å². The number of amides is 1. The van der Waals surface area contributed by atoms with Crippen LogP contribution in [-0.2, 0) is 23.6 Å². The average Bonchev–Trinajstić information content (AvgIpc) is 3.56. The first-order valence-corrected chi connectivity index (χ1v) is 15.2. The van der Waals surface area contributed by atoms with Crippen LogP contribution in [0.3, 0.4) is 0 Å². The number of methoxy groups -OCH3 is 1. The van der Waals surface area contributed by atoms with Crippen LogP contribution in [0.2, 0.25) is 0 Å². The van der Waals surface area contributed by atoms with Gasteiger partial charge in [-0.1, -0.05) is 6.07 Å². The number of aryl methyl sites for hydroxylation is 1. The number of ether oxygens (including phenoxy) is 1. The molecule has 1 amide bonds. The molecule has 4 aromatic rings. The van der Waals surface area contributed by atoms with E-state index >= 15 is 0 Å². The predicted molar refractivity (Wildman–Crippen MR) is 153 cm³/mol. The lowest BCUT2D eigenvalue weighted by Crippen LogP contribution is -2.45. The summed E-state index contributed by atoms with van der Waals surface area (Å²) in [6.07, 6.45) is 5.31. The molecule has 10 nitrogen and oxygen atoms in total. The van der Waals surface area contributed by atoms with Crippen molar-refractivity contribution in [1.82, 2.24) is 19.0 Å². The standard InChI is InChI=1S/C28H34N6O4S/c1-32-26-22(11-19(13-25(26)38-2)28(35)33-10-4-5-20(29)16-33)30-27(32)24-12-18-8-9-21(31-39(3,36)37)14-23(18)34(24)15-17-6-7-17/h8-9,11-14,17,20,31H,4-7,10,15-16,29H2,1-3H3/t20-/m1/s1. The zero-order valence-electron chi connectivity index (χ0n) is 22.5. The van der Waals surface area contributed by atoms with Crippen molar-refractivity contribution < 1.29 is 17.9 Å². The number of hydrogen-bond donors (Lipinski definition) is 2. The molecule has 2 aliphatic rings. The van der Waals surface area contributed by atoms with Crippen LogP contribution >= 0.6 is 0 Å². The molecule has 2 aromatic carbocycles. The molecule has 1 atom stereocenters. The normalized spacial score (nSPS) is 18.2. The van der Waals surface area contributed by atoms with Crippen molar-refractivity contribution in [3.8, 4) is 17.3 Å². The fourth-order valence-electron chi connectivity index (χ4n) is 5.67. The second-order valence-corrected chi connectivity index (χ2v) is 12.7. The van der Waals surface area contributed by atoms with Crippen molar-refractivity contribution >= 4 is 43.6 Å². The monoisotopic (exact) mass is 550 g/mol. The molecular formula is C28H34N6O4S. The summed E-state index contributed by atoms with van der Waals surface area (Å²) < 4.78 is 36.3.